The first kappa shape index (κ1) is 12.0. The number of nitrogens with zero attached hydrogens (tertiary/aromatic N) is 3. The molecule has 0 spiro atoms. The van der Waals surface area contributed by atoms with Crippen molar-refractivity contribution in [3.8, 4) is 0 Å². The third kappa shape index (κ3) is 1.85. The van der Waals surface area contributed by atoms with Crippen LogP contribution in [0, 0.1) is 0 Å². The molecule has 3 rings (SSSR count). The fraction of sp³-hybridized carbons (Fsp3) is 0.583. The van der Waals surface area contributed by atoms with Gasteiger partial charge in [0.15, 0.2) is 0 Å². The molecule has 1 atom stereocenters. The number of carboxylic acid groups (broad SMARTS) is 1. The second-order valence-corrected chi connectivity index (χ2v) is 5.03. The molecular weight excluding hydrogens is 250 g/mol. The Balaban J connectivity index is 1.95. The first-order chi connectivity index (χ1) is 9.08. The van der Waals surface area contributed by atoms with Gasteiger partial charge in [0.1, 0.15) is 0 Å². The van der Waals surface area contributed by atoms with Crippen LogP contribution in [-0.2, 0) is 17.8 Å². The minimum absolute atomic E-state index is 0.0134. The molecule has 0 radical (unpaired) electrons. The molecule has 2 aliphatic rings. The van der Waals surface area contributed by atoms with Crippen LogP contribution in [0.4, 0.5) is 10.7 Å². The predicted octanol–water partition coefficient (Wildman–Crippen LogP) is 1.23. The topological polar surface area (TPSA) is 86.9 Å². The maximum atomic E-state index is 11.7. The second kappa shape index (κ2) is 4.25. The molecule has 7 nitrogen and oxygen atoms in total. The van der Waals surface area contributed by atoms with Crippen LogP contribution >= 0.6 is 0 Å². The van der Waals surface area contributed by atoms with Crippen molar-refractivity contribution in [1.29, 1.82) is 0 Å². The lowest BCUT2D eigenvalue weighted by atomic mass is 10.0. The number of hydrogen-bond acceptors (Lipinski definition) is 4. The minimum Gasteiger partial charge on any atom is -0.465 e. The van der Waals surface area contributed by atoms with Crippen LogP contribution < -0.4 is 4.90 Å². The summed E-state index contributed by atoms with van der Waals surface area (Å²) in [5.41, 5.74) is 1.50. The Kier molecular flexibility index (Phi) is 2.69. The average Bonchev–Trinajstić information content (AvgIpc) is 2.93. The van der Waals surface area contributed by atoms with Crippen LogP contribution in [0.5, 0.6) is 0 Å². The first-order valence-electron chi connectivity index (χ1n) is 6.35. The summed E-state index contributed by atoms with van der Waals surface area (Å²) in [6, 6.07) is -0.128. The van der Waals surface area contributed by atoms with E-state index in [-0.39, 0.29) is 18.5 Å². The van der Waals surface area contributed by atoms with E-state index in [1.54, 1.807) is 4.90 Å². The average molecular weight is 265 g/mol. The molecule has 102 valence electrons. The third-order valence-corrected chi connectivity index (χ3v) is 3.76. The van der Waals surface area contributed by atoms with Gasteiger partial charge in [-0.3, -0.25) is 9.69 Å². The van der Waals surface area contributed by atoms with E-state index in [1.165, 1.54) is 4.90 Å². The molecule has 19 heavy (non-hydrogen) atoms. The van der Waals surface area contributed by atoms with E-state index in [1.807, 2.05) is 6.92 Å². The highest BCUT2D eigenvalue weighted by atomic mass is 16.5. The maximum absolute atomic E-state index is 11.7. The molecule has 1 saturated heterocycles. The van der Waals surface area contributed by atoms with Crippen molar-refractivity contribution in [1.82, 2.24) is 10.1 Å². The van der Waals surface area contributed by atoms with Crippen molar-refractivity contribution in [3.05, 3.63) is 11.3 Å². The third-order valence-electron chi connectivity index (χ3n) is 3.76. The van der Waals surface area contributed by atoms with Crippen LogP contribution in [0.1, 0.15) is 31.0 Å². The van der Waals surface area contributed by atoms with Crippen LogP contribution in [-0.4, -0.2) is 39.8 Å². The minimum atomic E-state index is -0.960. The number of carbonyl (C=O) groups excluding carboxylic acids is 1. The largest absolute Gasteiger partial charge is 0.465 e. The number of rotatable bonds is 1. The van der Waals surface area contributed by atoms with Gasteiger partial charge in [-0.15, -0.1) is 0 Å². The van der Waals surface area contributed by atoms with Crippen LogP contribution in [0.15, 0.2) is 4.52 Å². The highest BCUT2D eigenvalue weighted by Crippen LogP contribution is 2.33. The number of aromatic nitrogens is 1. The Morgan fingerprint density at radius 2 is 2.32 bits per heavy atom. The molecule has 1 fully saturated rings. The number of fused-ring (bicyclic) bond motifs is 1. The molecule has 1 aromatic heterocycles. The summed E-state index contributed by atoms with van der Waals surface area (Å²) < 4.78 is 5.28. The summed E-state index contributed by atoms with van der Waals surface area (Å²) in [5.74, 6) is 0.440. The number of carbonyl (C=O) groups is 2. The number of amides is 2. The Hall–Kier alpha value is -2.05. The molecule has 2 aliphatic heterocycles. The van der Waals surface area contributed by atoms with Gasteiger partial charge in [0.05, 0.1) is 17.8 Å². The molecule has 3 heterocycles. The van der Waals surface area contributed by atoms with Crippen molar-refractivity contribution in [2.24, 2.45) is 0 Å². The van der Waals surface area contributed by atoms with Crippen LogP contribution in [0.2, 0.25) is 0 Å². The van der Waals surface area contributed by atoms with E-state index in [0.29, 0.717) is 25.3 Å². The smallest absolute Gasteiger partial charge is 0.407 e. The summed E-state index contributed by atoms with van der Waals surface area (Å²) in [5, 5.41) is 13.2. The van der Waals surface area contributed by atoms with Gasteiger partial charge in [0.25, 0.3) is 0 Å². The molecule has 0 aliphatic carbocycles. The highest BCUT2D eigenvalue weighted by Gasteiger charge is 2.35. The van der Waals surface area contributed by atoms with Crippen LogP contribution in [0.3, 0.4) is 0 Å². The lowest BCUT2D eigenvalue weighted by Gasteiger charge is -2.30. The van der Waals surface area contributed by atoms with Crippen molar-refractivity contribution in [2.75, 3.05) is 11.4 Å². The number of hydrogen-bond donors (Lipinski definition) is 1. The van der Waals surface area contributed by atoms with Gasteiger partial charge in [-0.25, -0.2) is 4.79 Å². The standard InChI is InChI=1S/C12H15N3O4/c1-7-5-9-8(6-15(7)12(17)18)11(19-13-9)14-4-2-3-10(14)16/h7H,2-6H2,1H3,(H,17,18). The Labute approximate surface area is 109 Å². The van der Waals surface area contributed by atoms with Gasteiger partial charge in [-0.1, -0.05) is 5.16 Å². The molecule has 0 bridgehead atoms. The van der Waals surface area contributed by atoms with Crippen molar-refractivity contribution in [2.45, 2.75) is 38.8 Å². The lowest BCUT2D eigenvalue weighted by Crippen LogP contribution is -2.42. The summed E-state index contributed by atoms with van der Waals surface area (Å²) in [6.45, 7) is 2.68. The van der Waals surface area contributed by atoms with E-state index >= 15 is 0 Å². The summed E-state index contributed by atoms with van der Waals surface area (Å²) >= 11 is 0. The molecule has 1 unspecified atom stereocenters. The maximum Gasteiger partial charge on any atom is 0.407 e. The van der Waals surface area contributed by atoms with Gasteiger partial charge in [-0.2, -0.15) is 0 Å². The zero-order chi connectivity index (χ0) is 13.6. The Bertz CT molecular complexity index is 539. The summed E-state index contributed by atoms with van der Waals surface area (Å²) in [6.07, 6.45) is 0.868. The van der Waals surface area contributed by atoms with E-state index in [4.69, 9.17) is 4.52 Å². The Morgan fingerprint density at radius 3 is 2.95 bits per heavy atom. The molecule has 0 aromatic carbocycles. The fourth-order valence-electron chi connectivity index (χ4n) is 2.70. The van der Waals surface area contributed by atoms with Gasteiger partial charge >= 0.3 is 6.09 Å². The lowest BCUT2D eigenvalue weighted by molar-refractivity contribution is -0.117. The van der Waals surface area contributed by atoms with E-state index in [9.17, 15) is 14.7 Å². The normalized spacial score (nSPS) is 22.8. The van der Waals surface area contributed by atoms with Crippen molar-refractivity contribution in [3.63, 3.8) is 0 Å². The molecule has 2 amide bonds. The summed E-state index contributed by atoms with van der Waals surface area (Å²) in [7, 11) is 0. The first-order valence-corrected chi connectivity index (χ1v) is 6.35. The van der Waals surface area contributed by atoms with Crippen molar-refractivity contribution < 1.29 is 19.2 Å². The molecule has 1 N–H and O–H groups in total. The molecule has 1 aromatic rings. The number of anilines is 1. The van der Waals surface area contributed by atoms with E-state index in [0.717, 1.165) is 17.7 Å². The fourth-order valence-corrected chi connectivity index (χ4v) is 2.70. The quantitative estimate of drug-likeness (QED) is 0.825. The van der Waals surface area contributed by atoms with Gasteiger partial charge in [0, 0.05) is 25.4 Å². The summed E-state index contributed by atoms with van der Waals surface area (Å²) in [4.78, 5) is 25.9. The second-order valence-electron chi connectivity index (χ2n) is 5.03. The zero-order valence-electron chi connectivity index (χ0n) is 10.6. The van der Waals surface area contributed by atoms with Crippen LogP contribution in [0.25, 0.3) is 0 Å². The molecule has 0 saturated carbocycles. The Morgan fingerprint density at radius 1 is 1.53 bits per heavy atom. The van der Waals surface area contributed by atoms with E-state index < -0.39 is 6.09 Å². The van der Waals surface area contributed by atoms with Gasteiger partial charge < -0.3 is 14.5 Å². The van der Waals surface area contributed by atoms with E-state index in [2.05, 4.69) is 5.16 Å². The zero-order valence-corrected chi connectivity index (χ0v) is 10.6. The SMILES string of the molecule is CC1Cc2noc(N3CCCC3=O)c2CN1C(=O)O. The predicted molar refractivity (Wildman–Crippen MR) is 64.8 cm³/mol. The van der Waals surface area contributed by atoms with Crippen molar-refractivity contribution >= 4 is 17.9 Å². The molecular formula is C12H15N3O4. The molecule has 7 heteroatoms. The highest BCUT2D eigenvalue weighted by molar-refractivity contribution is 5.94. The van der Waals surface area contributed by atoms with Gasteiger partial charge in [0.2, 0.25) is 11.8 Å². The van der Waals surface area contributed by atoms with Gasteiger partial charge in [-0.05, 0) is 13.3 Å². The monoisotopic (exact) mass is 265 g/mol.